The molecule has 2 fully saturated rings. The molecular weight excluding hydrogens is 342 g/mol. The molecule has 6 nitrogen and oxygen atoms in total. The third-order valence-corrected chi connectivity index (χ3v) is 6.02. The molecule has 1 aromatic carbocycles. The first kappa shape index (κ1) is 18.5. The highest BCUT2D eigenvalue weighted by Gasteiger charge is 2.28. The number of ether oxygens (including phenoxy) is 1. The second-order valence-corrected chi connectivity index (χ2v) is 7.88. The molecule has 4 rings (SSSR count). The van der Waals surface area contributed by atoms with Gasteiger partial charge in [0.1, 0.15) is 5.75 Å². The second-order valence-electron chi connectivity index (χ2n) is 7.88. The number of aliphatic hydroxyl groups excluding tert-OH is 1. The van der Waals surface area contributed by atoms with Crippen LogP contribution in [-0.4, -0.2) is 65.3 Å². The number of nitrogens with one attached hydrogen (secondary N) is 1. The molecule has 0 radical (unpaired) electrons. The zero-order chi connectivity index (χ0) is 18.8. The van der Waals surface area contributed by atoms with Crippen molar-refractivity contribution < 1.29 is 9.84 Å². The van der Waals surface area contributed by atoms with Crippen LogP contribution in [0.3, 0.4) is 0 Å². The molecule has 0 spiro atoms. The van der Waals surface area contributed by atoms with Crippen molar-refractivity contribution in [3.8, 4) is 5.75 Å². The number of rotatable bonds is 4. The SMILES string of the molecule is COc1ccc2[nH]c(=O)c(CN3CCC(N4CCCC(O)C4)CC3)cc2c1. The number of piperidine rings is 2. The normalized spacial score (nSPS) is 23.0. The van der Waals surface area contributed by atoms with Gasteiger partial charge in [-0.1, -0.05) is 0 Å². The molecule has 146 valence electrons. The van der Waals surface area contributed by atoms with Gasteiger partial charge in [0.15, 0.2) is 0 Å². The van der Waals surface area contributed by atoms with Gasteiger partial charge in [0.05, 0.1) is 13.2 Å². The Morgan fingerprint density at radius 1 is 1.19 bits per heavy atom. The Morgan fingerprint density at radius 2 is 2.00 bits per heavy atom. The maximum absolute atomic E-state index is 12.5. The maximum atomic E-state index is 12.5. The van der Waals surface area contributed by atoms with Crippen molar-refractivity contribution in [1.29, 1.82) is 0 Å². The van der Waals surface area contributed by atoms with E-state index < -0.39 is 0 Å². The standard InChI is InChI=1S/C21H29N3O3/c1-27-19-4-5-20-15(12-19)11-16(21(26)22-20)13-23-9-6-17(7-10-23)24-8-2-3-18(25)14-24/h4-5,11-12,17-18,25H,2-3,6-10,13-14H2,1H3,(H,22,26). The van der Waals surface area contributed by atoms with Crippen molar-refractivity contribution in [2.45, 2.75) is 44.4 Å². The van der Waals surface area contributed by atoms with Crippen LogP contribution >= 0.6 is 0 Å². The molecule has 2 aliphatic rings. The molecular formula is C21H29N3O3. The third-order valence-electron chi connectivity index (χ3n) is 6.02. The van der Waals surface area contributed by atoms with Gasteiger partial charge in [0.2, 0.25) is 0 Å². The number of fused-ring (bicyclic) bond motifs is 1. The predicted molar refractivity (Wildman–Crippen MR) is 106 cm³/mol. The van der Waals surface area contributed by atoms with Crippen LogP contribution in [0.15, 0.2) is 29.1 Å². The van der Waals surface area contributed by atoms with Crippen LogP contribution < -0.4 is 10.3 Å². The lowest BCUT2D eigenvalue weighted by Gasteiger charge is -2.41. The molecule has 27 heavy (non-hydrogen) atoms. The van der Waals surface area contributed by atoms with Crippen molar-refractivity contribution in [2.75, 3.05) is 33.3 Å². The summed E-state index contributed by atoms with van der Waals surface area (Å²) in [5, 5.41) is 10.9. The van der Waals surface area contributed by atoms with Crippen LogP contribution in [0.25, 0.3) is 10.9 Å². The summed E-state index contributed by atoms with van der Waals surface area (Å²) in [7, 11) is 1.65. The summed E-state index contributed by atoms with van der Waals surface area (Å²) < 4.78 is 5.29. The minimum Gasteiger partial charge on any atom is -0.497 e. The third kappa shape index (κ3) is 4.18. The molecule has 1 unspecified atom stereocenters. The number of hydrogen-bond acceptors (Lipinski definition) is 5. The van der Waals surface area contributed by atoms with E-state index in [1.807, 2.05) is 24.3 Å². The van der Waals surface area contributed by atoms with E-state index in [-0.39, 0.29) is 11.7 Å². The number of β-amino-alcohol motifs (C(OH)–C–C–N with tert-alkyl or cyclic N) is 1. The van der Waals surface area contributed by atoms with Crippen molar-refractivity contribution in [3.05, 3.63) is 40.2 Å². The Balaban J connectivity index is 1.41. The predicted octanol–water partition coefficient (Wildman–Crippen LogP) is 1.96. The smallest absolute Gasteiger partial charge is 0.252 e. The minimum absolute atomic E-state index is 0.00561. The number of aromatic nitrogens is 1. The van der Waals surface area contributed by atoms with E-state index >= 15 is 0 Å². The summed E-state index contributed by atoms with van der Waals surface area (Å²) >= 11 is 0. The first-order valence-electron chi connectivity index (χ1n) is 9.97. The molecule has 2 aliphatic heterocycles. The summed E-state index contributed by atoms with van der Waals surface area (Å²) in [5.74, 6) is 0.796. The Labute approximate surface area is 159 Å². The number of benzene rings is 1. The topological polar surface area (TPSA) is 68.8 Å². The molecule has 0 aliphatic carbocycles. The van der Waals surface area contributed by atoms with E-state index in [2.05, 4.69) is 14.8 Å². The summed E-state index contributed by atoms with van der Waals surface area (Å²) in [6, 6.07) is 8.26. The van der Waals surface area contributed by atoms with Crippen LogP contribution in [0.5, 0.6) is 5.75 Å². The van der Waals surface area contributed by atoms with Crippen LogP contribution in [-0.2, 0) is 6.54 Å². The maximum Gasteiger partial charge on any atom is 0.252 e. The van der Waals surface area contributed by atoms with Crippen molar-refractivity contribution >= 4 is 10.9 Å². The molecule has 1 aromatic heterocycles. The molecule has 6 heteroatoms. The van der Waals surface area contributed by atoms with Crippen molar-refractivity contribution in [2.24, 2.45) is 0 Å². The van der Waals surface area contributed by atoms with Gasteiger partial charge in [-0.2, -0.15) is 0 Å². The highest BCUT2D eigenvalue weighted by atomic mass is 16.5. The number of methoxy groups -OCH3 is 1. The number of aromatic amines is 1. The lowest BCUT2D eigenvalue weighted by Crippen LogP contribution is -2.49. The average molecular weight is 371 g/mol. The van der Waals surface area contributed by atoms with Crippen LogP contribution in [0.1, 0.15) is 31.2 Å². The van der Waals surface area contributed by atoms with Crippen molar-refractivity contribution in [1.82, 2.24) is 14.8 Å². The van der Waals surface area contributed by atoms with Gasteiger partial charge in [-0.3, -0.25) is 14.6 Å². The van der Waals surface area contributed by atoms with E-state index in [0.717, 1.165) is 74.1 Å². The van der Waals surface area contributed by atoms with E-state index in [1.165, 1.54) is 0 Å². The molecule has 2 N–H and O–H groups in total. The number of likely N-dealkylation sites (tertiary alicyclic amines) is 2. The Hall–Kier alpha value is -1.89. The number of H-pyrrole nitrogens is 1. The number of pyridine rings is 1. The number of hydrogen-bond donors (Lipinski definition) is 2. The largest absolute Gasteiger partial charge is 0.497 e. The van der Waals surface area contributed by atoms with Gasteiger partial charge in [-0.15, -0.1) is 0 Å². The highest BCUT2D eigenvalue weighted by Crippen LogP contribution is 2.23. The summed E-state index contributed by atoms with van der Waals surface area (Å²) in [6.45, 7) is 4.59. The van der Waals surface area contributed by atoms with Gasteiger partial charge >= 0.3 is 0 Å². The molecule has 1 atom stereocenters. The average Bonchev–Trinajstić information content (AvgIpc) is 2.69. The molecule has 2 saturated heterocycles. The van der Waals surface area contributed by atoms with E-state index in [4.69, 9.17) is 4.74 Å². The minimum atomic E-state index is -0.162. The fraction of sp³-hybridized carbons (Fsp3) is 0.571. The molecule has 0 bridgehead atoms. The zero-order valence-electron chi connectivity index (χ0n) is 16.0. The van der Waals surface area contributed by atoms with Gasteiger partial charge in [0, 0.05) is 35.6 Å². The molecule has 3 heterocycles. The summed E-state index contributed by atoms with van der Waals surface area (Å²) in [6.07, 6.45) is 4.07. The lowest BCUT2D eigenvalue weighted by atomic mass is 9.98. The zero-order valence-corrected chi connectivity index (χ0v) is 16.0. The molecule has 2 aromatic rings. The van der Waals surface area contributed by atoms with E-state index in [0.29, 0.717) is 12.6 Å². The fourth-order valence-electron chi connectivity index (χ4n) is 4.47. The second kappa shape index (κ2) is 8.00. The van der Waals surface area contributed by atoms with Crippen LogP contribution in [0.2, 0.25) is 0 Å². The molecule has 0 amide bonds. The summed E-state index contributed by atoms with van der Waals surface area (Å²) in [5.41, 5.74) is 1.64. The van der Waals surface area contributed by atoms with Gasteiger partial charge in [0.25, 0.3) is 5.56 Å². The van der Waals surface area contributed by atoms with Gasteiger partial charge < -0.3 is 14.8 Å². The number of aliphatic hydroxyl groups is 1. The first-order valence-corrected chi connectivity index (χ1v) is 9.97. The fourth-order valence-corrected chi connectivity index (χ4v) is 4.47. The quantitative estimate of drug-likeness (QED) is 0.860. The first-order chi connectivity index (χ1) is 13.1. The van der Waals surface area contributed by atoms with Gasteiger partial charge in [-0.25, -0.2) is 0 Å². The van der Waals surface area contributed by atoms with Gasteiger partial charge in [-0.05, 0) is 69.6 Å². The van der Waals surface area contributed by atoms with Crippen molar-refractivity contribution in [3.63, 3.8) is 0 Å². The Bertz CT molecular complexity index is 842. The van der Waals surface area contributed by atoms with Crippen LogP contribution in [0, 0.1) is 0 Å². The van der Waals surface area contributed by atoms with E-state index in [1.54, 1.807) is 7.11 Å². The Kier molecular flexibility index (Phi) is 5.48. The highest BCUT2D eigenvalue weighted by molar-refractivity contribution is 5.80. The van der Waals surface area contributed by atoms with Crippen LogP contribution in [0.4, 0.5) is 0 Å². The molecule has 0 saturated carbocycles. The summed E-state index contributed by atoms with van der Waals surface area (Å²) in [4.78, 5) is 20.3. The Morgan fingerprint density at radius 3 is 2.74 bits per heavy atom. The lowest BCUT2D eigenvalue weighted by molar-refractivity contribution is 0.0243. The number of nitrogens with zero attached hydrogens (tertiary/aromatic N) is 2. The van der Waals surface area contributed by atoms with E-state index in [9.17, 15) is 9.90 Å². The monoisotopic (exact) mass is 371 g/mol.